The minimum absolute atomic E-state index is 0.415. The van der Waals surface area contributed by atoms with E-state index < -0.39 is 0 Å². The molecule has 3 rings (SSSR count). The summed E-state index contributed by atoms with van der Waals surface area (Å²) in [6.07, 6.45) is 8.33. The normalized spacial score (nSPS) is 42.6. The number of hydrogen-bond donors (Lipinski definition) is 1. The van der Waals surface area contributed by atoms with E-state index in [2.05, 4.69) is 24.0 Å². The van der Waals surface area contributed by atoms with Crippen molar-refractivity contribution in [1.29, 1.82) is 0 Å². The standard InChI is InChI=1S/C14H24N2S2/c1-14(7-4-8-18-14)10-15-13-16-12-6-3-2-5-11(12)9-17-13/h11-12H,2-10H2,1H3,(H,15,16). The van der Waals surface area contributed by atoms with Gasteiger partial charge < -0.3 is 5.32 Å². The Hall–Kier alpha value is 0.170. The molecule has 2 saturated heterocycles. The predicted octanol–water partition coefficient (Wildman–Crippen LogP) is 3.52. The Kier molecular flexibility index (Phi) is 4.14. The Bertz CT molecular complexity index is 324. The Morgan fingerprint density at radius 3 is 3.06 bits per heavy atom. The number of fused-ring (bicyclic) bond motifs is 1. The first-order chi connectivity index (χ1) is 8.75. The molecule has 1 N–H and O–H groups in total. The molecule has 0 aromatic heterocycles. The zero-order valence-corrected chi connectivity index (χ0v) is 12.9. The lowest BCUT2D eigenvalue weighted by Crippen LogP contribution is -2.46. The summed E-state index contributed by atoms with van der Waals surface area (Å²) in [6, 6.07) is 0.725. The average molecular weight is 284 g/mol. The zero-order valence-electron chi connectivity index (χ0n) is 11.3. The van der Waals surface area contributed by atoms with Gasteiger partial charge >= 0.3 is 0 Å². The molecule has 2 nitrogen and oxygen atoms in total. The van der Waals surface area contributed by atoms with Crippen LogP contribution < -0.4 is 5.32 Å². The first-order valence-corrected chi connectivity index (χ1v) is 9.30. The quantitative estimate of drug-likeness (QED) is 0.839. The van der Waals surface area contributed by atoms with E-state index >= 15 is 0 Å². The van der Waals surface area contributed by atoms with E-state index in [4.69, 9.17) is 4.99 Å². The van der Waals surface area contributed by atoms with Gasteiger partial charge in [0.1, 0.15) is 0 Å². The van der Waals surface area contributed by atoms with Gasteiger partial charge in [-0.05, 0) is 44.3 Å². The van der Waals surface area contributed by atoms with Crippen LogP contribution in [0.1, 0.15) is 45.4 Å². The number of rotatable bonds is 2. The van der Waals surface area contributed by atoms with Crippen molar-refractivity contribution in [2.75, 3.05) is 18.1 Å². The summed E-state index contributed by atoms with van der Waals surface area (Å²) in [7, 11) is 0. The highest BCUT2D eigenvalue weighted by Crippen LogP contribution is 2.38. The molecule has 1 saturated carbocycles. The Morgan fingerprint density at radius 2 is 2.22 bits per heavy atom. The van der Waals surface area contributed by atoms with Crippen LogP contribution in [-0.4, -0.2) is 34.0 Å². The van der Waals surface area contributed by atoms with Gasteiger partial charge in [0.25, 0.3) is 0 Å². The van der Waals surface area contributed by atoms with Gasteiger partial charge in [0, 0.05) is 16.5 Å². The molecule has 0 aromatic rings. The number of hydrogen-bond acceptors (Lipinski definition) is 3. The molecule has 3 unspecified atom stereocenters. The van der Waals surface area contributed by atoms with Gasteiger partial charge in [-0.15, -0.1) is 0 Å². The second-order valence-corrected chi connectivity index (χ2v) is 8.82. The van der Waals surface area contributed by atoms with Crippen LogP contribution in [0.2, 0.25) is 0 Å². The van der Waals surface area contributed by atoms with Gasteiger partial charge in [-0.1, -0.05) is 24.6 Å². The van der Waals surface area contributed by atoms with Gasteiger partial charge in [-0.3, -0.25) is 4.99 Å². The molecule has 2 aliphatic heterocycles. The number of nitrogens with one attached hydrogen (secondary N) is 1. The van der Waals surface area contributed by atoms with Crippen molar-refractivity contribution < 1.29 is 0 Å². The third-order valence-electron chi connectivity index (χ3n) is 4.51. The molecule has 0 aromatic carbocycles. The van der Waals surface area contributed by atoms with E-state index in [0.717, 1.165) is 18.5 Å². The van der Waals surface area contributed by atoms with Crippen molar-refractivity contribution in [3.63, 3.8) is 0 Å². The zero-order chi connectivity index (χ0) is 12.4. The van der Waals surface area contributed by atoms with E-state index in [-0.39, 0.29) is 0 Å². The van der Waals surface area contributed by atoms with Crippen LogP contribution in [0.25, 0.3) is 0 Å². The molecular formula is C14H24N2S2. The third kappa shape index (κ3) is 3.01. The van der Waals surface area contributed by atoms with Crippen molar-refractivity contribution >= 4 is 28.7 Å². The van der Waals surface area contributed by atoms with Crippen LogP contribution in [0.15, 0.2) is 4.99 Å². The van der Waals surface area contributed by atoms with E-state index in [1.807, 2.05) is 11.8 Å². The lowest BCUT2D eigenvalue weighted by atomic mass is 9.86. The molecule has 0 bridgehead atoms. The SMILES string of the molecule is CC1(CN=C2NC3CCCCC3CS2)CCCS1. The van der Waals surface area contributed by atoms with Crippen LogP contribution in [0.5, 0.6) is 0 Å². The molecule has 3 fully saturated rings. The fourth-order valence-corrected chi connectivity index (χ4v) is 5.66. The smallest absolute Gasteiger partial charge is 0.156 e. The largest absolute Gasteiger partial charge is 0.362 e. The van der Waals surface area contributed by atoms with Crippen molar-refractivity contribution in [2.24, 2.45) is 10.9 Å². The lowest BCUT2D eigenvalue weighted by Gasteiger charge is -2.37. The van der Waals surface area contributed by atoms with Crippen LogP contribution >= 0.6 is 23.5 Å². The van der Waals surface area contributed by atoms with Crippen molar-refractivity contribution in [3.05, 3.63) is 0 Å². The summed E-state index contributed by atoms with van der Waals surface area (Å²) in [5.74, 6) is 3.52. The van der Waals surface area contributed by atoms with Crippen LogP contribution in [0.3, 0.4) is 0 Å². The number of aliphatic imine (C=N–C) groups is 1. The molecule has 3 aliphatic rings. The van der Waals surface area contributed by atoms with E-state index in [1.54, 1.807) is 0 Å². The van der Waals surface area contributed by atoms with Crippen LogP contribution in [0.4, 0.5) is 0 Å². The fraction of sp³-hybridized carbons (Fsp3) is 0.929. The van der Waals surface area contributed by atoms with Gasteiger partial charge in [-0.25, -0.2) is 0 Å². The molecule has 4 heteroatoms. The second kappa shape index (κ2) is 5.66. The lowest BCUT2D eigenvalue weighted by molar-refractivity contribution is 0.311. The number of amidine groups is 1. The summed E-state index contributed by atoms with van der Waals surface area (Å²) in [5.41, 5.74) is 0. The highest BCUT2D eigenvalue weighted by molar-refractivity contribution is 8.13. The van der Waals surface area contributed by atoms with Crippen molar-refractivity contribution in [1.82, 2.24) is 5.32 Å². The van der Waals surface area contributed by atoms with Crippen molar-refractivity contribution in [2.45, 2.75) is 56.2 Å². The minimum atomic E-state index is 0.415. The molecule has 1 aliphatic carbocycles. The molecule has 0 amide bonds. The maximum Gasteiger partial charge on any atom is 0.156 e. The molecule has 0 radical (unpaired) electrons. The topological polar surface area (TPSA) is 24.4 Å². The Labute approximate surface area is 119 Å². The minimum Gasteiger partial charge on any atom is -0.362 e. The first kappa shape index (κ1) is 13.2. The molecular weight excluding hydrogens is 260 g/mol. The van der Waals surface area contributed by atoms with E-state index in [0.29, 0.717) is 4.75 Å². The van der Waals surface area contributed by atoms with Crippen molar-refractivity contribution in [3.8, 4) is 0 Å². The maximum atomic E-state index is 4.88. The summed E-state index contributed by atoms with van der Waals surface area (Å²) < 4.78 is 0.415. The molecule has 3 atom stereocenters. The van der Waals surface area contributed by atoms with Gasteiger partial charge in [-0.2, -0.15) is 11.8 Å². The summed E-state index contributed by atoms with van der Waals surface area (Å²) >= 11 is 4.07. The first-order valence-electron chi connectivity index (χ1n) is 7.33. The average Bonchev–Trinajstić information content (AvgIpc) is 2.84. The highest BCUT2D eigenvalue weighted by atomic mass is 32.2. The molecule has 102 valence electrons. The monoisotopic (exact) mass is 284 g/mol. The Balaban J connectivity index is 1.56. The summed E-state index contributed by atoms with van der Waals surface area (Å²) in [4.78, 5) is 4.88. The predicted molar refractivity (Wildman–Crippen MR) is 83.7 cm³/mol. The molecule has 18 heavy (non-hydrogen) atoms. The second-order valence-electron chi connectivity index (χ2n) is 6.13. The molecule has 2 heterocycles. The summed E-state index contributed by atoms with van der Waals surface area (Å²) in [6.45, 7) is 3.38. The fourth-order valence-electron chi connectivity index (χ4n) is 3.28. The van der Waals surface area contributed by atoms with E-state index in [9.17, 15) is 0 Å². The summed E-state index contributed by atoms with van der Waals surface area (Å²) in [5, 5.41) is 4.93. The van der Waals surface area contributed by atoms with Gasteiger partial charge in [0.2, 0.25) is 0 Å². The van der Waals surface area contributed by atoms with Gasteiger partial charge in [0.15, 0.2) is 5.17 Å². The third-order valence-corrected chi connectivity index (χ3v) is 7.15. The van der Waals surface area contributed by atoms with Crippen LogP contribution in [0, 0.1) is 5.92 Å². The number of nitrogens with zero attached hydrogens (tertiary/aromatic N) is 1. The van der Waals surface area contributed by atoms with E-state index in [1.165, 1.54) is 55.2 Å². The maximum absolute atomic E-state index is 4.88. The number of thioether (sulfide) groups is 2. The molecule has 0 spiro atoms. The van der Waals surface area contributed by atoms with Crippen LogP contribution in [-0.2, 0) is 0 Å². The Morgan fingerprint density at radius 1 is 1.33 bits per heavy atom. The highest BCUT2D eigenvalue weighted by Gasteiger charge is 2.32. The van der Waals surface area contributed by atoms with Gasteiger partial charge in [0.05, 0.1) is 6.54 Å².